The van der Waals surface area contributed by atoms with E-state index in [-0.39, 0.29) is 28.5 Å². The quantitative estimate of drug-likeness (QED) is 0.224. The smallest absolute Gasteiger partial charge is 0.341 e. The van der Waals surface area contributed by atoms with Crippen molar-refractivity contribution < 1.29 is 18.7 Å². The van der Waals surface area contributed by atoms with E-state index < -0.39 is 5.97 Å². The molecule has 0 radical (unpaired) electrons. The molecule has 4 aromatic rings. The van der Waals surface area contributed by atoms with Gasteiger partial charge in [0.05, 0.1) is 12.9 Å². The molecule has 2 aromatic heterocycles. The van der Waals surface area contributed by atoms with Crippen molar-refractivity contribution in [1.82, 2.24) is 14.8 Å². The van der Waals surface area contributed by atoms with Gasteiger partial charge in [0.2, 0.25) is 5.91 Å². The van der Waals surface area contributed by atoms with Crippen LogP contribution in [0.15, 0.2) is 59.1 Å². The van der Waals surface area contributed by atoms with Crippen LogP contribution in [0, 0.1) is 5.82 Å². The number of amides is 1. The van der Waals surface area contributed by atoms with Crippen LogP contribution in [0.3, 0.4) is 0 Å². The van der Waals surface area contributed by atoms with Gasteiger partial charge in [-0.05, 0) is 28.7 Å². The van der Waals surface area contributed by atoms with E-state index in [0.717, 1.165) is 5.56 Å². The highest BCUT2D eigenvalue weighted by atomic mass is 32.2. The van der Waals surface area contributed by atoms with Gasteiger partial charge in [0.1, 0.15) is 16.4 Å². The third kappa shape index (κ3) is 5.91. The average molecular weight is 539 g/mol. The molecule has 2 heterocycles. The van der Waals surface area contributed by atoms with E-state index in [9.17, 15) is 14.0 Å². The van der Waals surface area contributed by atoms with Crippen molar-refractivity contribution in [3.05, 3.63) is 70.9 Å². The Bertz CT molecular complexity index is 1420. The van der Waals surface area contributed by atoms with Gasteiger partial charge in [-0.2, -0.15) is 0 Å². The van der Waals surface area contributed by atoms with Crippen molar-refractivity contribution in [2.24, 2.45) is 7.05 Å². The molecule has 37 heavy (non-hydrogen) atoms. The summed E-state index contributed by atoms with van der Waals surface area (Å²) in [5.41, 5.74) is 3.67. The van der Waals surface area contributed by atoms with Crippen molar-refractivity contribution >= 4 is 40.0 Å². The molecule has 0 saturated carbocycles. The highest BCUT2D eigenvalue weighted by Crippen LogP contribution is 2.36. The molecule has 0 aliphatic heterocycles. The summed E-state index contributed by atoms with van der Waals surface area (Å²) in [6, 6.07) is 14.0. The zero-order valence-corrected chi connectivity index (χ0v) is 22.8. The van der Waals surface area contributed by atoms with Crippen LogP contribution in [0.4, 0.5) is 9.39 Å². The van der Waals surface area contributed by atoms with E-state index in [4.69, 9.17) is 4.74 Å². The number of esters is 1. The number of benzene rings is 2. The Balaban J connectivity index is 1.46. The SMILES string of the molecule is COC(=O)c1c(-c2ccc(F)cc2)csc1NC(=O)CSc1nnc(-c2ccc(C(C)(C)C)cc2)n1C. The number of hydrogen-bond donors (Lipinski definition) is 1. The van der Waals surface area contributed by atoms with Crippen LogP contribution < -0.4 is 5.32 Å². The number of nitrogens with zero attached hydrogens (tertiary/aromatic N) is 3. The van der Waals surface area contributed by atoms with Gasteiger partial charge >= 0.3 is 5.97 Å². The van der Waals surface area contributed by atoms with Crippen molar-refractivity contribution in [3.63, 3.8) is 0 Å². The van der Waals surface area contributed by atoms with Gasteiger partial charge in [0.15, 0.2) is 11.0 Å². The maximum atomic E-state index is 13.4. The van der Waals surface area contributed by atoms with Gasteiger partial charge in [-0.25, -0.2) is 9.18 Å². The number of rotatable bonds is 7. The summed E-state index contributed by atoms with van der Waals surface area (Å²) in [6.45, 7) is 6.49. The summed E-state index contributed by atoms with van der Waals surface area (Å²) in [7, 11) is 3.13. The van der Waals surface area contributed by atoms with E-state index in [2.05, 4.69) is 48.4 Å². The van der Waals surface area contributed by atoms with E-state index in [1.807, 2.05) is 23.7 Å². The van der Waals surface area contributed by atoms with Gasteiger partial charge in [-0.3, -0.25) is 4.79 Å². The lowest BCUT2D eigenvalue weighted by atomic mass is 9.87. The van der Waals surface area contributed by atoms with Gasteiger partial charge in [-0.15, -0.1) is 21.5 Å². The third-order valence-corrected chi connectivity index (χ3v) is 7.68. The molecule has 7 nitrogen and oxygen atoms in total. The molecule has 0 spiro atoms. The summed E-state index contributed by atoms with van der Waals surface area (Å²) in [6.07, 6.45) is 0. The minimum Gasteiger partial charge on any atom is -0.465 e. The molecule has 2 aromatic carbocycles. The zero-order chi connectivity index (χ0) is 26.7. The summed E-state index contributed by atoms with van der Waals surface area (Å²) in [4.78, 5) is 25.3. The summed E-state index contributed by atoms with van der Waals surface area (Å²) >= 11 is 2.45. The molecule has 10 heteroatoms. The van der Waals surface area contributed by atoms with Crippen LogP contribution in [-0.2, 0) is 22.0 Å². The van der Waals surface area contributed by atoms with E-state index in [1.165, 1.54) is 47.9 Å². The van der Waals surface area contributed by atoms with Crippen LogP contribution in [-0.4, -0.2) is 39.5 Å². The number of carbonyl (C=O) groups is 2. The lowest BCUT2D eigenvalue weighted by molar-refractivity contribution is -0.113. The molecular weight excluding hydrogens is 511 g/mol. The molecule has 1 N–H and O–H groups in total. The van der Waals surface area contributed by atoms with Crippen molar-refractivity contribution in [2.45, 2.75) is 31.3 Å². The molecular formula is C27H27FN4O3S2. The number of anilines is 1. The second-order valence-corrected chi connectivity index (χ2v) is 11.2. The fourth-order valence-corrected chi connectivity index (χ4v) is 5.39. The molecule has 0 fully saturated rings. The Hall–Kier alpha value is -3.50. The number of halogens is 1. The monoisotopic (exact) mass is 538 g/mol. The van der Waals surface area contributed by atoms with Gasteiger partial charge in [-0.1, -0.05) is 68.9 Å². The van der Waals surface area contributed by atoms with Crippen molar-refractivity contribution in [1.29, 1.82) is 0 Å². The Morgan fingerprint density at radius 3 is 2.32 bits per heavy atom. The number of aromatic nitrogens is 3. The van der Waals surface area contributed by atoms with Crippen LogP contribution >= 0.6 is 23.1 Å². The predicted octanol–water partition coefficient (Wildman–Crippen LogP) is 6.16. The highest BCUT2D eigenvalue weighted by molar-refractivity contribution is 7.99. The predicted molar refractivity (Wildman–Crippen MR) is 146 cm³/mol. The number of hydrogen-bond acceptors (Lipinski definition) is 7. The minimum atomic E-state index is -0.584. The lowest BCUT2D eigenvalue weighted by Crippen LogP contribution is -2.16. The summed E-state index contributed by atoms with van der Waals surface area (Å²) in [5.74, 6) is -0.489. The number of carbonyl (C=O) groups excluding carboxylic acids is 2. The summed E-state index contributed by atoms with van der Waals surface area (Å²) in [5, 5.41) is 14.1. The first kappa shape index (κ1) is 26.6. The second kappa shape index (κ2) is 10.9. The second-order valence-electron chi connectivity index (χ2n) is 9.38. The Kier molecular flexibility index (Phi) is 7.79. The van der Waals surface area contributed by atoms with Gasteiger partial charge < -0.3 is 14.6 Å². The van der Waals surface area contributed by atoms with E-state index in [1.54, 1.807) is 17.5 Å². The van der Waals surface area contributed by atoms with E-state index in [0.29, 0.717) is 27.1 Å². The molecule has 0 saturated heterocycles. The molecule has 0 atom stereocenters. The minimum absolute atomic E-state index is 0.0584. The number of thioether (sulfide) groups is 1. The third-order valence-electron chi connectivity index (χ3n) is 5.77. The maximum absolute atomic E-state index is 13.4. The Morgan fingerprint density at radius 2 is 1.70 bits per heavy atom. The largest absolute Gasteiger partial charge is 0.465 e. The Labute approximate surface area is 223 Å². The van der Waals surface area contributed by atoms with E-state index >= 15 is 0 Å². The fourth-order valence-electron chi connectivity index (χ4n) is 3.70. The lowest BCUT2D eigenvalue weighted by Gasteiger charge is -2.19. The zero-order valence-electron chi connectivity index (χ0n) is 21.2. The standard InChI is InChI=1S/C27H27FN4O3S2/c1-27(2,3)18-10-6-17(7-11-18)23-30-31-26(32(23)4)37-15-21(33)29-24-22(25(34)35-5)20(14-36-24)16-8-12-19(28)13-9-16/h6-14H,15H2,1-5H3,(H,29,33). The number of thiophene rings is 1. The topological polar surface area (TPSA) is 86.1 Å². The van der Waals surface area contributed by atoms with Crippen LogP contribution in [0.1, 0.15) is 36.7 Å². The van der Waals surface area contributed by atoms with Crippen LogP contribution in [0.5, 0.6) is 0 Å². The van der Waals surface area contributed by atoms with Crippen molar-refractivity contribution in [3.8, 4) is 22.5 Å². The molecule has 0 aliphatic rings. The Morgan fingerprint density at radius 1 is 1.05 bits per heavy atom. The highest BCUT2D eigenvalue weighted by Gasteiger charge is 2.23. The van der Waals surface area contributed by atoms with Gasteiger partial charge in [0, 0.05) is 23.6 Å². The number of nitrogens with one attached hydrogen (secondary N) is 1. The number of methoxy groups -OCH3 is 1. The molecule has 0 bridgehead atoms. The molecule has 4 rings (SSSR count). The van der Waals surface area contributed by atoms with Crippen LogP contribution in [0.2, 0.25) is 0 Å². The normalized spacial score (nSPS) is 11.4. The molecule has 0 unspecified atom stereocenters. The molecule has 192 valence electrons. The van der Waals surface area contributed by atoms with Crippen LogP contribution in [0.25, 0.3) is 22.5 Å². The molecule has 1 amide bonds. The average Bonchev–Trinajstić information content (AvgIpc) is 3.45. The van der Waals surface area contributed by atoms with Crippen molar-refractivity contribution in [2.75, 3.05) is 18.2 Å². The maximum Gasteiger partial charge on any atom is 0.341 e. The van der Waals surface area contributed by atoms with Gasteiger partial charge in [0.25, 0.3) is 0 Å². The first-order chi connectivity index (χ1) is 17.6. The fraction of sp³-hybridized carbons (Fsp3) is 0.259. The first-order valence-electron chi connectivity index (χ1n) is 11.5. The first-order valence-corrected chi connectivity index (χ1v) is 13.3. The number of ether oxygens (including phenoxy) is 1. The molecule has 0 aliphatic carbocycles. The summed E-state index contributed by atoms with van der Waals surface area (Å²) < 4.78 is 20.1.